The molecule has 35 heavy (non-hydrogen) atoms. The van der Waals surface area contributed by atoms with Crippen LogP contribution in [-0.2, 0) is 4.79 Å². The van der Waals surface area contributed by atoms with E-state index in [1.54, 1.807) is 33.5 Å². The number of ketones is 1. The molecule has 1 aromatic heterocycles. The number of hydrogen-bond acceptors (Lipinski definition) is 6. The maximum absolute atomic E-state index is 13.8. The number of fused-ring (bicyclic) bond motifs is 1. The Morgan fingerprint density at radius 2 is 1.57 bits per heavy atom. The lowest BCUT2D eigenvalue weighted by atomic mass is 9.69. The van der Waals surface area contributed by atoms with Crippen molar-refractivity contribution >= 4 is 11.6 Å². The van der Waals surface area contributed by atoms with Crippen LogP contribution in [0.5, 0.6) is 17.2 Å². The SMILES string of the molecule is COc1cc(OC)c([C@@H]2C3=C(CC(C)(C)CC3=O)Nc3[nH]n(-c4ccccc4)c(=O)c32)cc1OC. The number of H-pyrrole nitrogens is 1. The fourth-order valence-electron chi connectivity index (χ4n) is 5.24. The van der Waals surface area contributed by atoms with Crippen LogP contribution in [0.4, 0.5) is 5.82 Å². The van der Waals surface area contributed by atoms with Crippen LogP contribution in [0, 0.1) is 5.41 Å². The maximum atomic E-state index is 13.8. The number of benzene rings is 2. The number of para-hydroxylation sites is 1. The lowest BCUT2D eigenvalue weighted by Crippen LogP contribution is -2.35. The van der Waals surface area contributed by atoms with Crippen molar-refractivity contribution in [1.29, 1.82) is 0 Å². The van der Waals surface area contributed by atoms with Crippen molar-refractivity contribution in [2.24, 2.45) is 5.41 Å². The lowest BCUT2D eigenvalue weighted by molar-refractivity contribution is -0.118. The van der Waals surface area contributed by atoms with Crippen LogP contribution in [0.2, 0.25) is 0 Å². The summed E-state index contributed by atoms with van der Waals surface area (Å²) in [4.78, 5) is 27.4. The van der Waals surface area contributed by atoms with Gasteiger partial charge in [-0.2, -0.15) is 0 Å². The summed E-state index contributed by atoms with van der Waals surface area (Å²) >= 11 is 0. The number of aromatic nitrogens is 2. The van der Waals surface area contributed by atoms with Crippen LogP contribution in [0.3, 0.4) is 0 Å². The molecule has 2 N–H and O–H groups in total. The predicted molar refractivity (Wildman–Crippen MR) is 133 cm³/mol. The van der Waals surface area contributed by atoms with E-state index in [4.69, 9.17) is 14.2 Å². The van der Waals surface area contributed by atoms with E-state index in [0.29, 0.717) is 58.3 Å². The van der Waals surface area contributed by atoms with Gasteiger partial charge in [0.25, 0.3) is 5.56 Å². The molecule has 182 valence electrons. The Morgan fingerprint density at radius 3 is 2.23 bits per heavy atom. The van der Waals surface area contributed by atoms with Crippen LogP contribution in [0.1, 0.15) is 43.7 Å². The third kappa shape index (κ3) is 3.69. The van der Waals surface area contributed by atoms with Gasteiger partial charge in [0.15, 0.2) is 17.3 Å². The standard InChI is InChI=1S/C27H29N3O5/c1-27(2)13-17-23(18(31)14-27)22(16-11-20(34-4)21(35-5)12-19(16)33-3)24-25(28-17)29-30(26(24)32)15-9-7-6-8-10-15/h6-12,22,28-29H,13-14H2,1-5H3/t22-/m1/s1. The molecule has 0 saturated heterocycles. The number of carbonyl (C=O) groups is 1. The van der Waals surface area contributed by atoms with Gasteiger partial charge in [-0.05, 0) is 30.0 Å². The average molecular weight is 476 g/mol. The molecule has 2 aromatic carbocycles. The highest BCUT2D eigenvalue weighted by Gasteiger charge is 2.44. The molecule has 0 radical (unpaired) electrons. The number of allylic oxidation sites excluding steroid dienone is 2. The van der Waals surface area contributed by atoms with Gasteiger partial charge in [0.2, 0.25) is 0 Å². The lowest BCUT2D eigenvalue weighted by Gasteiger charge is -2.38. The number of methoxy groups -OCH3 is 3. The second kappa shape index (κ2) is 8.37. The smallest absolute Gasteiger partial charge is 0.277 e. The molecule has 3 aromatic rings. The zero-order valence-electron chi connectivity index (χ0n) is 20.5. The summed E-state index contributed by atoms with van der Waals surface area (Å²) in [6, 6.07) is 12.9. The van der Waals surface area contributed by atoms with Crippen LogP contribution in [0.15, 0.2) is 58.5 Å². The number of ether oxygens (including phenoxy) is 3. The molecule has 0 unspecified atom stereocenters. The van der Waals surface area contributed by atoms with Gasteiger partial charge in [0, 0.05) is 29.3 Å². The Morgan fingerprint density at radius 1 is 0.914 bits per heavy atom. The van der Waals surface area contributed by atoms with Crippen molar-refractivity contribution < 1.29 is 19.0 Å². The highest BCUT2D eigenvalue weighted by atomic mass is 16.5. The monoisotopic (exact) mass is 475 g/mol. The molecule has 5 rings (SSSR count). The summed E-state index contributed by atoms with van der Waals surface area (Å²) in [5, 5.41) is 6.62. The fourth-order valence-corrected chi connectivity index (χ4v) is 5.24. The number of Topliss-reactive ketones (excluding diaryl/α,β-unsaturated/α-hetero) is 1. The van der Waals surface area contributed by atoms with E-state index < -0.39 is 5.92 Å². The molecule has 1 aliphatic heterocycles. The van der Waals surface area contributed by atoms with Crippen LogP contribution in [0.25, 0.3) is 5.69 Å². The molecule has 0 bridgehead atoms. The van der Waals surface area contributed by atoms with Crippen LogP contribution >= 0.6 is 0 Å². The van der Waals surface area contributed by atoms with E-state index >= 15 is 0 Å². The Labute approximate surface area is 203 Å². The summed E-state index contributed by atoms with van der Waals surface area (Å²) < 4.78 is 18.3. The number of nitrogens with one attached hydrogen (secondary N) is 2. The van der Waals surface area contributed by atoms with Gasteiger partial charge in [-0.1, -0.05) is 32.0 Å². The Balaban J connectivity index is 1.80. The van der Waals surface area contributed by atoms with E-state index in [1.165, 1.54) is 4.68 Å². The summed E-state index contributed by atoms with van der Waals surface area (Å²) in [6.07, 6.45) is 1.07. The number of rotatable bonds is 5. The molecule has 0 saturated carbocycles. The second-order valence-electron chi connectivity index (χ2n) is 9.72. The van der Waals surface area contributed by atoms with Crippen molar-refractivity contribution in [3.8, 4) is 22.9 Å². The summed E-state index contributed by atoms with van der Waals surface area (Å²) in [6.45, 7) is 4.16. The fraction of sp³-hybridized carbons (Fsp3) is 0.333. The number of hydrogen-bond donors (Lipinski definition) is 2. The number of carbonyl (C=O) groups excluding carboxylic acids is 1. The third-order valence-electron chi connectivity index (χ3n) is 6.76. The summed E-state index contributed by atoms with van der Waals surface area (Å²) in [5.41, 5.74) is 2.83. The molecule has 0 spiro atoms. The van der Waals surface area contributed by atoms with E-state index in [2.05, 4.69) is 24.3 Å². The van der Waals surface area contributed by atoms with Crippen molar-refractivity contribution in [3.05, 3.63) is 75.2 Å². The topological polar surface area (TPSA) is 94.6 Å². The molecule has 0 fully saturated rings. The normalized spacial score (nSPS) is 18.4. The minimum atomic E-state index is -0.631. The maximum Gasteiger partial charge on any atom is 0.277 e. The molecule has 8 nitrogen and oxygen atoms in total. The quantitative estimate of drug-likeness (QED) is 0.568. The molecular formula is C27H29N3O5. The minimum Gasteiger partial charge on any atom is -0.496 e. The third-order valence-corrected chi connectivity index (χ3v) is 6.76. The van der Waals surface area contributed by atoms with Crippen molar-refractivity contribution in [1.82, 2.24) is 9.78 Å². The highest BCUT2D eigenvalue weighted by Crippen LogP contribution is 2.51. The largest absolute Gasteiger partial charge is 0.496 e. The van der Waals surface area contributed by atoms with E-state index in [1.807, 2.05) is 30.3 Å². The Kier molecular flexibility index (Phi) is 5.46. The zero-order chi connectivity index (χ0) is 24.9. The van der Waals surface area contributed by atoms with Crippen LogP contribution < -0.4 is 25.1 Å². The average Bonchev–Trinajstić information content (AvgIpc) is 3.17. The Bertz CT molecular complexity index is 1400. The van der Waals surface area contributed by atoms with Gasteiger partial charge in [-0.3, -0.25) is 14.7 Å². The number of anilines is 1. The molecule has 2 aliphatic rings. The zero-order valence-corrected chi connectivity index (χ0v) is 20.5. The predicted octanol–water partition coefficient (Wildman–Crippen LogP) is 4.39. The van der Waals surface area contributed by atoms with E-state index in [0.717, 1.165) is 5.70 Å². The number of aromatic amines is 1. The second-order valence-corrected chi connectivity index (χ2v) is 9.72. The first-order chi connectivity index (χ1) is 16.8. The van der Waals surface area contributed by atoms with Crippen molar-refractivity contribution in [2.75, 3.05) is 26.6 Å². The van der Waals surface area contributed by atoms with Gasteiger partial charge in [0.1, 0.15) is 11.6 Å². The van der Waals surface area contributed by atoms with E-state index in [-0.39, 0.29) is 16.8 Å². The van der Waals surface area contributed by atoms with Crippen molar-refractivity contribution in [2.45, 2.75) is 32.6 Å². The van der Waals surface area contributed by atoms with Gasteiger partial charge < -0.3 is 19.5 Å². The summed E-state index contributed by atoms with van der Waals surface area (Å²) in [7, 11) is 4.67. The molecule has 0 amide bonds. The Hall–Kier alpha value is -3.94. The van der Waals surface area contributed by atoms with Crippen LogP contribution in [-0.4, -0.2) is 36.9 Å². The van der Waals surface area contributed by atoms with Gasteiger partial charge in [0.05, 0.1) is 38.5 Å². The first kappa shape index (κ1) is 22.8. The van der Waals surface area contributed by atoms with Gasteiger partial charge in [-0.15, -0.1) is 0 Å². The number of nitrogens with zero attached hydrogens (tertiary/aromatic N) is 1. The van der Waals surface area contributed by atoms with Gasteiger partial charge >= 0.3 is 0 Å². The highest BCUT2D eigenvalue weighted by molar-refractivity contribution is 6.01. The van der Waals surface area contributed by atoms with Gasteiger partial charge in [-0.25, -0.2) is 4.68 Å². The molecule has 1 atom stereocenters. The molecule has 8 heteroatoms. The van der Waals surface area contributed by atoms with Crippen molar-refractivity contribution in [3.63, 3.8) is 0 Å². The first-order valence-corrected chi connectivity index (χ1v) is 11.5. The molecule has 2 heterocycles. The van der Waals surface area contributed by atoms with E-state index in [9.17, 15) is 9.59 Å². The molecular weight excluding hydrogens is 446 g/mol. The minimum absolute atomic E-state index is 0.0168. The first-order valence-electron chi connectivity index (χ1n) is 11.5. The molecule has 1 aliphatic carbocycles. The summed E-state index contributed by atoms with van der Waals surface area (Å²) in [5.74, 6) is 1.47.